The van der Waals surface area contributed by atoms with E-state index in [2.05, 4.69) is 25.6 Å². The molecule has 11 nitrogen and oxygen atoms in total. The molecular formula is C23H29N7O4S. The number of ether oxygens (including phenoxy) is 2. The first-order chi connectivity index (χ1) is 17.0. The van der Waals surface area contributed by atoms with Crippen molar-refractivity contribution in [3.8, 4) is 10.6 Å². The van der Waals surface area contributed by atoms with E-state index in [9.17, 15) is 9.59 Å². The van der Waals surface area contributed by atoms with Crippen molar-refractivity contribution < 1.29 is 19.1 Å². The quantitative estimate of drug-likeness (QED) is 0.526. The maximum atomic E-state index is 13.0. The van der Waals surface area contributed by atoms with Crippen molar-refractivity contribution in [1.29, 1.82) is 5.41 Å². The Morgan fingerprint density at radius 3 is 2.83 bits per heavy atom. The molecule has 1 saturated heterocycles. The molecule has 0 aliphatic carbocycles. The normalized spacial score (nSPS) is 21.3. The zero-order valence-electron chi connectivity index (χ0n) is 19.5. The molecule has 2 aliphatic heterocycles. The summed E-state index contributed by atoms with van der Waals surface area (Å²) in [6.45, 7) is 2.83. The van der Waals surface area contributed by atoms with E-state index in [1.165, 1.54) is 17.6 Å². The summed E-state index contributed by atoms with van der Waals surface area (Å²) in [4.78, 5) is 41.0. The van der Waals surface area contributed by atoms with Gasteiger partial charge in [0.05, 0.1) is 19.3 Å². The van der Waals surface area contributed by atoms with Gasteiger partial charge >= 0.3 is 0 Å². The fraction of sp³-hybridized carbons (Fsp3) is 0.478. The predicted octanol–water partition coefficient (Wildman–Crippen LogP) is 1.16. The van der Waals surface area contributed by atoms with Gasteiger partial charge in [0, 0.05) is 56.7 Å². The number of amides is 2. The number of fused-ring (bicyclic) bond motifs is 5. The molecule has 1 fully saturated rings. The fourth-order valence-corrected chi connectivity index (χ4v) is 4.40. The Hall–Kier alpha value is -3.22. The van der Waals surface area contributed by atoms with Crippen LogP contribution in [0.15, 0.2) is 28.7 Å². The standard InChI is InChI=1S/C23H29N7O4S/c1-30-7-11-34-10-6-26-22(32)20(24)17(13-27-16-3-8-33-9-4-16)28-21(31)18-14-35-23(29-18)15-2-5-25-19(30)12-15/h2,5,12-14,16-17,24H,3-4,6-11H2,1H3,(H,26,32)(H,28,31). The molecule has 0 aromatic carbocycles. The molecule has 4 rings (SSSR count). The second-order valence-corrected chi connectivity index (χ2v) is 9.10. The molecule has 2 aliphatic rings. The van der Waals surface area contributed by atoms with Crippen molar-refractivity contribution in [3.63, 3.8) is 0 Å². The third-order valence-electron chi connectivity index (χ3n) is 5.70. The van der Waals surface area contributed by atoms with Crippen LogP contribution in [-0.2, 0) is 14.3 Å². The van der Waals surface area contributed by atoms with E-state index >= 15 is 0 Å². The fourth-order valence-electron chi connectivity index (χ4n) is 3.60. The first-order valence-corrected chi connectivity index (χ1v) is 12.4. The number of nitrogens with zero attached hydrogens (tertiary/aromatic N) is 4. The molecule has 0 radical (unpaired) electrons. The number of hydrogen-bond donors (Lipinski definition) is 3. The molecule has 12 heteroatoms. The largest absolute Gasteiger partial charge is 0.381 e. The van der Waals surface area contributed by atoms with Gasteiger partial charge in [-0.25, -0.2) is 9.97 Å². The Balaban J connectivity index is 1.58. The van der Waals surface area contributed by atoms with Crippen LogP contribution in [0.2, 0.25) is 0 Å². The minimum atomic E-state index is -0.989. The first-order valence-electron chi connectivity index (χ1n) is 11.5. The van der Waals surface area contributed by atoms with Gasteiger partial charge < -0.3 is 25.0 Å². The van der Waals surface area contributed by atoms with Crippen molar-refractivity contribution >= 4 is 40.9 Å². The van der Waals surface area contributed by atoms with Crippen LogP contribution >= 0.6 is 11.3 Å². The molecule has 3 N–H and O–H groups in total. The third-order valence-corrected chi connectivity index (χ3v) is 6.59. The third kappa shape index (κ3) is 6.68. The van der Waals surface area contributed by atoms with Crippen molar-refractivity contribution in [1.82, 2.24) is 20.6 Å². The van der Waals surface area contributed by atoms with E-state index in [0.29, 0.717) is 38.0 Å². The van der Waals surface area contributed by atoms with E-state index in [1.807, 2.05) is 24.1 Å². The Morgan fingerprint density at radius 1 is 1.20 bits per heavy atom. The Labute approximate surface area is 207 Å². The number of aliphatic imine (C=N–C) groups is 1. The van der Waals surface area contributed by atoms with Crippen LogP contribution in [0.3, 0.4) is 0 Å². The average molecular weight is 500 g/mol. The molecule has 4 bridgehead atoms. The van der Waals surface area contributed by atoms with Crippen LogP contribution in [0, 0.1) is 5.41 Å². The summed E-state index contributed by atoms with van der Waals surface area (Å²) in [6.07, 6.45) is 4.70. The number of rotatable bonds is 2. The first kappa shape index (κ1) is 24.9. The zero-order valence-corrected chi connectivity index (χ0v) is 20.3. The summed E-state index contributed by atoms with van der Waals surface area (Å²) in [5.41, 5.74) is 0.755. The molecule has 2 aromatic rings. The maximum Gasteiger partial charge on any atom is 0.271 e. The van der Waals surface area contributed by atoms with Gasteiger partial charge in [-0.05, 0) is 25.0 Å². The number of hydrogen-bond acceptors (Lipinski definition) is 10. The number of pyridine rings is 1. The van der Waals surface area contributed by atoms with E-state index in [4.69, 9.17) is 14.9 Å². The van der Waals surface area contributed by atoms with E-state index < -0.39 is 17.9 Å². The van der Waals surface area contributed by atoms with Crippen molar-refractivity contribution in [2.24, 2.45) is 4.99 Å². The minimum absolute atomic E-state index is 0.0304. The molecule has 2 amide bonds. The number of thiazole rings is 1. The lowest BCUT2D eigenvalue weighted by atomic mass is 10.1. The van der Waals surface area contributed by atoms with Crippen molar-refractivity contribution in [2.75, 3.05) is 51.5 Å². The van der Waals surface area contributed by atoms with Gasteiger partial charge in [-0.1, -0.05) is 0 Å². The summed E-state index contributed by atoms with van der Waals surface area (Å²) in [5.74, 6) is -0.308. The molecule has 35 heavy (non-hydrogen) atoms. The molecule has 0 saturated carbocycles. The predicted molar refractivity (Wildman–Crippen MR) is 134 cm³/mol. The maximum absolute atomic E-state index is 13.0. The smallest absolute Gasteiger partial charge is 0.271 e. The molecule has 4 heterocycles. The van der Waals surface area contributed by atoms with Crippen molar-refractivity contribution in [3.05, 3.63) is 29.4 Å². The van der Waals surface area contributed by atoms with Gasteiger partial charge in [0.25, 0.3) is 11.8 Å². The van der Waals surface area contributed by atoms with Crippen LogP contribution in [0.1, 0.15) is 23.3 Å². The second kappa shape index (κ2) is 12.0. The van der Waals surface area contributed by atoms with Crippen LogP contribution < -0.4 is 15.5 Å². The Bertz CT molecular complexity index is 1080. The van der Waals surface area contributed by atoms with Gasteiger partial charge in [0.15, 0.2) is 0 Å². The Kier molecular flexibility index (Phi) is 8.50. The van der Waals surface area contributed by atoms with Crippen LogP contribution in [0.5, 0.6) is 0 Å². The highest BCUT2D eigenvalue weighted by atomic mass is 32.1. The second-order valence-electron chi connectivity index (χ2n) is 8.24. The number of anilines is 1. The van der Waals surface area contributed by atoms with Gasteiger partial charge in [-0.2, -0.15) is 0 Å². The van der Waals surface area contributed by atoms with E-state index in [0.717, 1.165) is 24.2 Å². The van der Waals surface area contributed by atoms with E-state index in [-0.39, 0.29) is 24.0 Å². The van der Waals surface area contributed by atoms with Crippen LogP contribution in [0.4, 0.5) is 5.82 Å². The molecule has 1 atom stereocenters. The minimum Gasteiger partial charge on any atom is -0.381 e. The van der Waals surface area contributed by atoms with Crippen LogP contribution in [-0.4, -0.2) is 92.4 Å². The molecule has 0 spiro atoms. The monoisotopic (exact) mass is 499 g/mol. The molecular weight excluding hydrogens is 470 g/mol. The summed E-state index contributed by atoms with van der Waals surface area (Å²) in [7, 11) is 1.92. The van der Waals surface area contributed by atoms with Gasteiger partial charge in [-0.3, -0.25) is 20.0 Å². The van der Waals surface area contributed by atoms with Gasteiger partial charge in [-0.15, -0.1) is 11.3 Å². The number of carbonyl (C=O) groups excluding carboxylic acids is 2. The van der Waals surface area contributed by atoms with Gasteiger partial charge in [0.2, 0.25) is 0 Å². The zero-order chi connectivity index (χ0) is 24.6. The molecule has 1 unspecified atom stereocenters. The lowest BCUT2D eigenvalue weighted by Gasteiger charge is -2.20. The van der Waals surface area contributed by atoms with Gasteiger partial charge in [0.1, 0.15) is 28.3 Å². The van der Waals surface area contributed by atoms with Crippen LogP contribution in [0.25, 0.3) is 10.6 Å². The number of aromatic nitrogens is 2. The highest BCUT2D eigenvalue weighted by molar-refractivity contribution is 7.13. The summed E-state index contributed by atoms with van der Waals surface area (Å²) >= 11 is 1.34. The lowest BCUT2D eigenvalue weighted by molar-refractivity contribution is -0.115. The number of nitrogens with one attached hydrogen (secondary N) is 3. The summed E-state index contributed by atoms with van der Waals surface area (Å²) in [5, 5.41) is 16.1. The molecule has 2 aromatic heterocycles. The average Bonchev–Trinajstić information content (AvgIpc) is 3.38. The molecule has 186 valence electrons. The summed E-state index contributed by atoms with van der Waals surface area (Å²) in [6, 6.07) is 2.80. The lowest BCUT2D eigenvalue weighted by Crippen LogP contribution is -2.49. The highest BCUT2D eigenvalue weighted by Crippen LogP contribution is 2.26. The van der Waals surface area contributed by atoms with Crippen molar-refractivity contribution in [2.45, 2.75) is 24.9 Å². The number of carbonyl (C=O) groups is 2. The SMILES string of the molecule is CN1CCOCCNC(=O)C(=N)C(C=NC2CCOCC2)NC(=O)c2csc(n2)-c2ccnc1c2. The van der Waals surface area contributed by atoms with E-state index in [1.54, 1.807) is 11.6 Å². The number of likely N-dealkylation sites (N-methyl/N-ethyl adjacent to an activating group) is 1. The summed E-state index contributed by atoms with van der Waals surface area (Å²) < 4.78 is 11.0. The highest BCUT2D eigenvalue weighted by Gasteiger charge is 2.24. The Morgan fingerprint density at radius 2 is 2.00 bits per heavy atom. The topological polar surface area (TPSA) is 142 Å².